The van der Waals surface area contributed by atoms with Crippen molar-refractivity contribution >= 4 is 6.29 Å². The number of ether oxygens (including phenoxy) is 1. The standard InChI is InChI=1S/C9H18O2/c1-5-9(4,7-10)11-6-8(2)3/h7-8H,5-6H2,1-4H3. The molecule has 2 heteroatoms. The van der Waals surface area contributed by atoms with Crippen LogP contribution >= 0.6 is 0 Å². The molecule has 0 amide bonds. The Kier molecular flexibility index (Phi) is 4.34. The van der Waals surface area contributed by atoms with Gasteiger partial charge in [0.25, 0.3) is 0 Å². The molecule has 1 atom stereocenters. The molecule has 11 heavy (non-hydrogen) atoms. The van der Waals surface area contributed by atoms with Crippen molar-refractivity contribution in [2.24, 2.45) is 5.92 Å². The molecule has 0 N–H and O–H groups in total. The zero-order valence-electron chi connectivity index (χ0n) is 7.89. The van der Waals surface area contributed by atoms with E-state index in [0.29, 0.717) is 12.5 Å². The highest BCUT2D eigenvalue weighted by atomic mass is 16.5. The van der Waals surface area contributed by atoms with Crippen LogP contribution in [0, 0.1) is 5.92 Å². The van der Waals surface area contributed by atoms with E-state index in [4.69, 9.17) is 4.74 Å². The molecule has 0 spiro atoms. The molecule has 0 aromatic carbocycles. The van der Waals surface area contributed by atoms with E-state index in [-0.39, 0.29) is 0 Å². The number of carbonyl (C=O) groups is 1. The van der Waals surface area contributed by atoms with Crippen LogP contribution in [-0.2, 0) is 9.53 Å². The predicted molar refractivity (Wildman–Crippen MR) is 45.6 cm³/mol. The molecular formula is C9H18O2. The average Bonchev–Trinajstić information content (AvgIpc) is 2.00. The Morgan fingerprint density at radius 2 is 2.09 bits per heavy atom. The number of hydrogen-bond donors (Lipinski definition) is 0. The number of rotatable bonds is 5. The largest absolute Gasteiger partial charge is 0.368 e. The van der Waals surface area contributed by atoms with Gasteiger partial charge in [-0.15, -0.1) is 0 Å². The molecular weight excluding hydrogens is 140 g/mol. The Labute approximate surface area is 68.9 Å². The van der Waals surface area contributed by atoms with Crippen LogP contribution in [0.25, 0.3) is 0 Å². The first-order valence-corrected chi connectivity index (χ1v) is 4.14. The third-order valence-corrected chi connectivity index (χ3v) is 1.70. The van der Waals surface area contributed by atoms with Gasteiger partial charge in [0.2, 0.25) is 0 Å². The Bertz CT molecular complexity index is 121. The molecule has 1 unspecified atom stereocenters. The maximum Gasteiger partial charge on any atom is 0.151 e. The first-order chi connectivity index (χ1) is 5.04. The van der Waals surface area contributed by atoms with Gasteiger partial charge < -0.3 is 9.53 Å². The monoisotopic (exact) mass is 158 g/mol. The molecule has 0 fully saturated rings. The van der Waals surface area contributed by atoms with E-state index in [9.17, 15) is 4.79 Å². The van der Waals surface area contributed by atoms with E-state index < -0.39 is 5.60 Å². The molecule has 0 aliphatic heterocycles. The molecule has 0 rings (SSSR count). The second kappa shape index (κ2) is 4.50. The fourth-order valence-corrected chi connectivity index (χ4v) is 0.576. The smallest absolute Gasteiger partial charge is 0.151 e. The summed E-state index contributed by atoms with van der Waals surface area (Å²) < 4.78 is 5.42. The second-order valence-corrected chi connectivity index (χ2v) is 3.49. The van der Waals surface area contributed by atoms with Crippen LogP contribution in [0.1, 0.15) is 34.1 Å². The van der Waals surface area contributed by atoms with E-state index in [2.05, 4.69) is 13.8 Å². The fourth-order valence-electron chi connectivity index (χ4n) is 0.576. The summed E-state index contributed by atoms with van der Waals surface area (Å²) in [6.07, 6.45) is 1.62. The van der Waals surface area contributed by atoms with Gasteiger partial charge in [0.1, 0.15) is 5.60 Å². The van der Waals surface area contributed by atoms with Crippen molar-refractivity contribution in [2.75, 3.05) is 6.61 Å². The molecule has 0 saturated heterocycles. The molecule has 0 aromatic heterocycles. The number of carbonyl (C=O) groups excluding carboxylic acids is 1. The van der Waals surface area contributed by atoms with Gasteiger partial charge >= 0.3 is 0 Å². The first-order valence-electron chi connectivity index (χ1n) is 4.14. The van der Waals surface area contributed by atoms with Gasteiger partial charge in [0, 0.05) is 0 Å². The molecule has 0 saturated carbocycles. The minimum absolute atomic E-state index is 0.487. The topological polar surface area (TPSA) is 26.3 Å². The summed E-state index contributed by atoms with van der Waals surface area (Å²) in [6, 6.07) is 0. The van der Waals surface area contributed by atoms with Crippen LogP contribution in [0.5, 0.6) is 0 Å². The predicted octanol–water partition coefficient (Wildman–Crippen LogP) is 2.03. The van der Waals surface area contributed by atoms with Gasteiger partial charge in [-0.1, -0.05) is 20.8 Å². The van der Waals surface area contributed by atoms with Crippen molar-refractivity contribution < 1.29 is 9.53 Å². The Morgan fingerprint density at radius 3 is 2.36 bits per heavy atom. The third kappa shape index (κ3) is 4.14. The van der Waals surface area contributed by atoms with Crippen LogP contribution in [0.3, 0.4) is 0 Å². The third-order valence-electron chi connectivity index (χ3n) is 1.70. The maximum atomic E-state index is 10.5. The summed E-state index contributed by atoms with van der Waals surface area (Å²) in [4.78, 5) is 10.5. The van der Waals surface area contributed by atoms with Crippen LogP contribution in [0.4, 0.5) is 0 Å². The van der Waals surface area contributed by atoms with Gasteiger partial charge in [-0.05, 0) is 19.3 Å². The maximum absolute atomic E-state index is 10.5. The SMILES string of the molecule is CCC(C)(C=O)OCC(C)C. The summed E-state index contributed by atoms with van der Waals surface area (Å²) in [5.74, 6) is 0.487. The normalized spacial score (nSPS) is 16.5. The van der Waals surface area contributed by atoms with Crippen molar-refractivity contribution in [3.05, 3.63) is 0 Å². The van der Waals surface area contributed by atoms with Crippen molar-refractivity contribution in [1.29, 1.82) is 0 Å². The molecule has 0 aliphatic carbocycles. The van der Waals surface area contributed by atoms with Gasteiger partial charge in [-0.2, -0.15) is 0 Å². The van der Waals surface area contributed by atoms with E-state index in [0.717, 1.165) is 12.7 Å². The lowest BCUT2D eigenvalue weighted by molar-refractivity contribution is -0.130. The zero-order valence-corrected chi connectivity index (χ0v) is 7.89. The highest BCUT2D eigenvalue weighted by Gasteiger charge is 2.21. The molecule has 66 valence electrons. The van der Waals surface area contributed by atoms with Crippen LogP contribution in [0.15, 0.2) is 0 Å². The van der Waals surface area contributed by atoms with Gasteiger partial charge in [-0.3, -0.25) is 0 Å². The summed E-state index contributed by atoms with van der Waals surface area (Å²) in [5, 5.41) is 0. The molecule has 0 aliphatic rings. The molecule has 0 radical (unpaired) electrons. The highest BCUT2D eigenvalue weighted by molar-refractivity contribution is 5.61. The van der Waals surface area contributed by atoms with Crippen molar-refractivity contribution in [3.63, 3.8) is 0 Å². The van der Waals surface area contributed by atoms with Gasteiger partial charge in [-0.25, -0.2) is 0 Å². The lowest BCUT2D eigenvalue weighted by Gasteiger charge is -2.22. The quantitative estimate of drug-likeness (QED) is 0.572. The number of aldehydes is 1. The second-order valence-electron chi connectivity index (χ2n) is 3.49. The summed E-state index contributed by atoms with van der Waals surface area (Å²) in [6.45, 7) is 8.57. The van der Waals surface area contributed by atoms with Crippen LogP contribution in [-0.4, -0.2) is 18.5 Å². The van der Waals surface area contributed by atoms with E-state index in [1.165, 1.54) is 0 Å². The molecule has 0 heterocycles. The minimum Gasteiger partial charge on any atom is -0.368 e. The highest BCUT2D eigenvalue weighted by Crippen LogP contribution is 2.12. The minimum atomic E-state index is -0.565. The lowest BCUT2D eigenvalue weighted by atomic mass is 10.1. The molecule has 2 nitrogen and oxygen atoms in total. The van der Waals surface area contributed by atoms with Crippen molar-refractivity contribution in [3.8, 4) is 0 Å². The Morgan fingerprint density at radius 1 is 1.55 bits per heavy atom. The lowest BCUT2D eigenvalue weighted by Crippen LogP contribution is -2.31. The summed E-state index contributed by atoms with van der Waals surface area (Å²) >= 11 is 0. The Hall–Kier alpha value is -0.370. The van der Waals surface area contributed by atoms with E-state index >= 15 is 0 Å². The van der Waals surface area contributed by atoms with Gasteiger partial charge in [0.15, 0.2) is 6.29 Å². The fraction of sp³-hybridized carbons (Fsp3) is 0.889. The first kappa shape index (κ1) is 10.6. The summed E-state index contributed by atoms with van der Waals surface area (Å²) in [5.41, 5.74) is -0.565. The van der Waals surface area contributed by atoms with Crippen molar-refractivity contribution in [2.45, 2.75) is 39.7 Å². The van der Waals surface area contributed by atoms with Crippen LogP contribution < -0.4 is 0 Å². The van der Waals surface area contributed by atoms with Gasteiger partial charge in [0.05, 0.1) is 6.61 Å². The summed E-state index contributed by atoms with van der Waals surface area (Å²) in [7, 11) is 0. The number of hydrogen-bond acceptors (Lipinski definition) is 2. The van der Waals surface area contributed by atoms with E-state index in [1.807, 2.05) is 13.8 Å². The molecule has 0 aromatic rings. The molecule has 0 bridgehead atoms. The van der Waals surface area contributed by atoms with Crippen molar-refractivity contribution in [1.82, 2.24) is 0 Å². The van der Waals surface area contributed by atoms with Crippen LogP contribution in [0.2, 0.25) is 0 Å². The average molecular weight is 158 g/mol. The Balaban J connectivity index is 3.78. The van der Waals surface area contributed by atoms with E-state index in [1.54, 1.807) is 0 Å². The zero-order chi connectivity index (χ0) is 8.91.